The fourth-order valence-electron chi connectivity index (χ4n) is 2.18. The highest BCUT2D eigenvalue weighted by molar-refractivity contribution is 9.08. The summed E-state index contributed by atoms with van der Waals surface area (Å²) in [6, 6.07) is 6.66. The van der Waals surface area contributed by atoms with Crippen molar-refractivity contribution in [2.45, 2.75) is 38.9 Å². The SMILES string of the molecule is Cc1cc(C)c2nc(C(C)C)cc(CBr)c2c1. The maximum absolute atomic E-state index is 4.80. The number of alkyl halides is 1. The minimum Gasteiger partial charge on any atom is -0.252 e. The third-order valence-corrected chi connectivity index (χ3v) is 3.69. The van der Waals surface area contributed by atoms with E-state index in [4.69, 9.17) is 4.98 Å². The van der Waals surface area contributed by atoms with E-state index in [0.29, 0.717) is 5.92 Å². The standard InChI is InChI=1S/C15H18BrN/c1-9(2)14-7-12(8-16)13-6-10(3)5-11(4)15(13)17-14/h5-7,9H,8H2,1-4H3. The van der Waals surface area contributed by atoms with Crippen LogP contribution in [0, 0.1) is 13.8 Å². The van der Waals surface area contributed by atoms with E-state index in [2.05, 4.69) is 61.8 Å². The van der Waals surface area contributed by atoms with Crippen molar-refractivity contribution in [3.05, 3.63) is 40.6 Å². The van der Waals surface area contributed by atoms with Gasteiger partial charge in [0.2, 0.25) is 0 Å². The average Bonchev–Trinajstić information content (AvgIpc) is 2.27. The van der Waals surface area contributed by atoms with Crippen LogP contribution in [-0.2, 0) is 5.33 Å². The Hall–Kier alpha value is -0.890. The summed E-state index contributed by atoms with van der Waals surface area (Å²) in [7, 11) is 0. The molecular formula is C15H18BrN. The third-order valence-electron chi connectivity index (χ3n) is 3.09. The fourth-order valence-corrected chi connectivity index (χ4v) is 2.64. The number of pyridine rings is 1. The van der Waals surface area contributed by atoms with E-state index in [0.717, 1.165) is 10.8 Å². The Bertz CT molecular complexity index is 558. The summed E-state index contributed by atoms with van der Waals surface area (Å²) in [5.74, 6) is 0.470. The highest BCUT2D eigenvalue weighted by Gasteiger charge is 2.10. The minimum absolute atomic E-state index is 0.470. The molecule has 0 saturated heterocycles. The van der Waals surface area contributed by atoms with Crippen molar-refractivity contribution in [1.29, 1.82) is 0 Å². The number of benzene rings is 1. The highest BCUT2D eigenvalue weighted by atomic mass is 79.9. The number of fused-ring (bicyclic) bond motifs is 1. The molecular weight excluding hydrogens is 274 g/mol. The van der Waals surface area contributed by atoms with Gasteiger partial charge in [-0.1, -0.05) is 41.4 Å². The van der Waals surface area contributed by atoms with Crippen LogP contribution in [-0.4, -0.2) is 4.98 Å². The molecule has 90 valence electrons. The van der Waals surface area contributed by atoms with E-state index in [1.54, 1.807) is 0 Å². The lowest BCUT2D eigenvalue weighted by Gasteiger charge is -2.12. The number of hydrogen-bond acceptors (Lipinski definition) is 1. The molecule has 1 heterocycles. The Kier molecular flexibility index (Phi) is 3.53. The molecule has 17 heavy (non-hydrogen) atoms. The van der Waals surface area contributed by atoms with Crippen LogP contribution < -0.4 is 0 Å². The summed E-state index contributed by atoms with van der Waals surface area (Å²) in [4.78, 5) is 4.80. The first kappa shape index (κ1) is 12.6. The fraction of sp³-hybridized carbons (Fsp3) is 0.400. The van der Waals surface area contributed by atoms with Gasteiger partial charge in [0.05, 0.1) is 5.52 Å². The zero-order chi connectivity index (χ0) is 12.6. The number of aryl methyl sites for hydroxylation is 2. The molecule has 2 heteroatoms. The Morgan fingerprint density at radius 2 is 1.88 bits per heavy atom. The van der Waals surface area contributed by atoms with E-state index in [-0.39, 0.29) is 0 Å². The van der Waals surface area contributed by atoms with Crippen molar-refractivity contribution in [2.24, 2.45) is 0 Å². The second-order valence-corrected chi connectivity index (χ2v) is 5.53. The zero-order valence-electron chi connectivity index (χ0n) is 10.8. The van der Waals surface area contributed by atoms with Gasteiger partial charge in [0.1, 0.15) is 0 Å². The molecule has 0 saturated carbocycles. The summed E-state index contributed by atoms with van der Waals surface area (Å²) in [5, 5.41) is 2.16. The van der Waals surface area contributed by atoms with E-state index in [1.165, 1.54) is 27.8 Å². The maximum atomic E-state index is 4.80. The average molecular weight is 292 g/mol. The lowest BCUT2D eigenvalue weighted by molar-refractivity contribution is 0.827. The van der Waals surface area contributed by atoms with Crippen LogP contribution in [0.25, 0.3) is 10.9 Å². The molecule has 0 spiro atoms. The van der Waals surface area contributed by atoms with Crippen LogP contribution in [0.1, 0.15) is 42.1 Å². The molecule has 1 nitrogen and oxygen atoms in total. The monoisotopic (exact) mass is 291 g/mol. The van der Waals surface area contributed by atoms with E-state index < -0.39 is 0 Å². The van der Waals surface area contributed by atoms with Crippen molar-refractivity contribution in [2.75, 3.05) is 0 Å². The second-order valence-electron chi connectivity index (χ2n) is 4.97. The first-order chi connectivity index (χ1) is 8.02. The summed E-state index contributed by atoms with van der Waals surface area (Å²) < 4.78 is 0. The Morgan fingerprint density at radius 3 is 2.47 bits per heavy atom. The highest BCUT2D eigenvalue weighted by Crippen LogP contribution is 2.27. The quantitative estimate of drug-likeness (QED) is 0.720. The molecule has 0 aliphatic heterocycles. The Morgan fingerprint density at radius 1 is 1.18 bits per heavy atom. The molecule has 1 aromatic carbocycles. The van der Waals surface area contributed by atoms with Gasteiger partial charge in [-0.15, -0.1) is 0 Å². The van der Waals surface area contributed by atoms with Crippen molar-refractivity contribution < 1.29 is 0 Å². The van der Waals surface area contributed by atoms with Gasteiger partial charge in [-0.25, -0.2) is 0 Å². The van der Waals surface area contributed by atoms with Gasteiger partial charge >= 0.3 is 0 Å². The molecule has 0 radical (unpaired) electrons. The van der Waals surface area contributed by atoms with Gasteiger partial charge in [-0.05, 0) is 43.0 Å². The molecule has 0 unspecified atom stereocenters. The van der Waals surface area contributed by atoms with E-state index in [9.17, 15) is 0 Å². The molecule has 0 atom stereocenters. The van der Waals surface area contributed by atoms with E-state index >= 15 is 0 Å². The zero-order valence-corrected chi connectivity index (χ0v) is 12.4. The number of halogens is 1. The number of hydrogen-bond donors (Lipinski definition) is 0. The summed E-state index contributed by atoms with van der Waals surface area (Å²) in [6.07, 6.45) is 0. The summed E-state index contributed by atoms with van der Waals surface area (Å²) >= 11 is 3.58. The number of aromatic nitrogens is 1. The Balaban J connectivity index is 2.82. The third kappa shape index (κ3) is 2.37. The van der Waals surface area contributed by atoms with Gasteiger partial charge in [-0.3, -0.25) is 4.98 Å². The van der Waals surface area contributed by atoms with Gasteiger partial charge < -0.3 is 0 Å². The predicted molar refractivity (Wildman–Crippen MR) is 77.9 cm³/mol. The minimum atomic E-state index is 0.470. The molecule has 2 rings (SSSR count). The van der Waals surface area contributed by atoms with Crippen LogP contribution in [0.5, 0.6) is 0 Å². The Labute approximate surface area is 111 Å². The van der Waals surface area contributed by atoms with E-state index in [1.807, 2.05) is 0 Å². The van der Waals surface area contributed by atoms with Crippen LogP contribution in [0.2, 0.25) is 0 Å². The lowest BCUT2D eigenvalue weighted by atomic mass is 10.00. The molecule has 0 aliphatic carbocycles. The van der Waals surface area contributed by atoms with Crippen molar-refractivity contribution in [3.63, 3.8) is 0 Å². The molecule has 0 fully saturated rings. The number of nitrogens with zero attached hydrogens (tertiary/aromatic N) is 1. The molecule has 0 amide bonds. The first-order valence-corrected chi connectivity index (χ1v) is 7.11. The molecule has 1 aromatic heterocycles. The maximum Gasteiger partial charge on any atom is 0.0737 e. The lowest BCUT2D eigenvalue weighted by Crippen LogP contribution is -1.98. The molecule has 2 aromatic rings. The summed E-state index contributed by atoms with van der Waals surface area (Å²) in [5.41, 5.74) is 6.24. The van der Waals surface area contributed by atoms with Gasteiger partial charge in [0.15, 0.2) is 0 Å². The molecule has 0 bridgehead atoms. The van der Waals surface area contributed by atoms with Gasteiger partial charge in [-0.2, -0.15) is 0 Å². The largest absolute Gasteiger partial charge is 0.252 e. The topological polar surface area (TPSA) is 12.9 Å². The smallest absolute Gasteiger partial charge is 0.0737 e. The second kappa shape index (κ2) is 4.77. The van der Waals surface area contributed by atoms with Crippen LogP contribution in [0.3, 0.4) is 0 Å². The number of rotatable bonds is 2. The van der Waals surface area contributed by atoms with Crippen molar-refractivity contribution >= 4 is 26.8 Å². The predicted octanol–water partition coefficient (Wildman–Crippen LogP) is 4.87. The first-order valence-electron chi connectivity index (χ1n) is 5.99. The normalized spacial score (nSPS) is 11.4. The van der Waals surface area contributed by atoms with Crippen molar-refractivity contribution in [3.8, 4) is 0 Å². The van der Waals surface area contributed by atoms with Crippen LogP contribution in [0.4, 0.5) is 0 Å². The molecule has 0 aliphatic rings. The van der Waals surface area contributed by atoms with Crippen molar-refractivity contribution in [1.82, 2.24) is 4.98 Å². The van der Waals surface area contributed by atoms with Crippen LogP contribution >= 0.6 is 15.9 Å². The molecule has 0 N–H and O–H groups in total. The van der Waals surface area contributed by atoms with Crippen LogP contribution in [0.15, 0.2) is 18.2 Å². The van der Waals surface area contributed by atoms with Gasteiger partial charge in [0.25, 0.3) is 0 Å². The van der Waals surface area contributed by atoms with Gasteiger partial charge in [0, 0.05) is 16.4 Å². The summed E-state index contributed by atoms with van der Waals surface area (Å²) in [6.45, 7) is 8.66.